The molecule has 4 aromatic carbocycles. The number of hydrogen-bond donors (Lipinski definition) is 0. The number of nitrogens with zero attached hydrogens (tertiary/aromatic N) is 6. The molecule has 6 nitrogen and oxygen atoms in total. The summed E-state index contributed by atoms with van der Waals surface area (Å²) in [6.45, 7) is 10.5. The summed E-state index contributed by atoms with van der Waals surface area (Å²) in [7, 11) is 0. The number of anilines is 1. The lowest BCUT2D eigenvalue weighted by atomic mass is 10.1. The Kier molecular flexibility index (Phi) is 10.4. The normalized spacial score (nSPS) is 11.7. The van der Waals surface area contributed by atoms with Crippen molar-refractivity contribution in [2.24, 2.45) is 25.4 Å². The molecule has 0 aromatic heterocycles. The van der Waals surface area contributed by atoms with Crippen molar-refractivity contribution in [2.75, 3.05) is 18.0 Å². The Morgan fingerprint density at radius 1 is 0.625 bits per heavy atom. The third kappa shape index (κ3) is 8.27. The fourth-order valence-corrected chi connectivity index (χ4v) is 4.28. The molecule has 0 bridgehead atoms. The monoisotopic (exact) mass is 530 g/mol. The molecule has 0 aliphatic rings. The van der Waals surface area contributed by atoms with Crippen LogP contribution in [-0.4, -0.2) is 19.3 Å². The third-order valence-electron chi connectivity index (χ3n) is 6.72. The zero-order chi connectivity index (χ0) is 28.2. The number of rotatable bonds is 12. The van der Waals surface area contributed by atoms with Crippen molar-refractivity contribution in [2.45, 2.75) is 47.0 Å². The highest BCUT2D eigenvalue weighted by Crippen LogP contribution is 2.27. The minimum atomic E-state index is 0.798. The lowest BCUT2D eigenvalue weighted by molar-refractivity contribution is 0.795. The van der Waals surface area contributed by atoms with Crippen LogP contribution in [0.4, 0.5) is 34.1 Å². The van der Waals surface area contributed by atoms with Gasteiger partial charge in [0.1, 0.15) is 0 Å². The summed E-state index contributed by atoms with van der Waals surface area (Å²) in [4.78, 5) is 6.98. The van der Waals surface area contributed by atoms with Crippen molar-refractivity contribution in [3.63, 3.8) is 0 Å². The minimum Gasteiger partial charge on any atom is -0.372 e. The second-order valence-electron chi connectivity index (χ2n) is 9.68. The summed E-state index contributed by atoms with van der Waals surface area (Å²) in [5, 5.41) is 17.6. The van der Waals surface area contributed by atoms with Crippen molar-refractivity contribution in [3.8, 4) is 0 Å². The first-order valence-electron chi connectivity index (χ1n) is 14.1. The van der Waals surface area contributed by atoms with Crippen LogP contribution in [0.5, 0.6) is 0 Å². The van der Waals surface area contributed by atoms with Gasteiger partial charge in [-0.2, -0.15) is 20.5 Å². The second kappa shape index (κ2) is 14.6. The van der Waals surface area contributed by atoms with Crippen LogP contribution >= 0.6 is 0 Å². The molecular formula is C34H38N6. The molecule has 0 N–H and O–H groups in total. The molecule has 204 valence electrons. The Bertz CT molecular complexity index is 1430. The number of aliphatic imine (C=N–C) groups is 1. The fraction of sp³-hybridized carbons (Fsp3) is 0.265. The lowest BCUT2D eigenvalue weighted by Crippen LogP contribution is -2.21. The van der Waals surface area contributed by atoms with Gasteiger partial charge in [0.2, 0.25) is 0 Å². The van der Waals surface area contributed by atoms with Crippen LogP contribution in [-0.2, 0) is 6.42 Å². The van der Waals surface area contributed by atoms with Gasteiger partial charge in [0.25, 0.3) is 0 Å². The number of benzene rings is 4. The van der Waals surface area contributed by atoms with E-state index in [2.05, 4.69) is 75.4 Å². The van der Waals surface area contributed by atoms with Gasteiger partial charge in [-0.1, -0.05) is 37.6 Å². The van der Waals surface area contributed by atoms with Gasteiger partial charge >= 0.3 is 0 Å². The molecule has 40 heavy (non-hydrogen) atoms. The molecule has 0 aliphatic carbocycles. The zero-order valence-electron chi connectivity index (χ0n) is 24.0. The lowest BCUT2D eigenvalue weighted by Gasteiger charge is -2.20. The second-order valence-corrected chi connectivity index (χ2v) is 9.68. The average molecular weight is 531 g/mol. The van der Waals surface area contributed by atoms with Crippen molar-refractivity contribution in [1.29, 1.82) is 0 Å². The first kappa shape index (κ1) is 28.6. The predicted octanol–water partition coefficient (Wildman–Crippen LogP) is 10.8. The Morgan fingerprint density at radius 2 is 1.15 bits per heavy atom. The average Bonchev–Trinajstić information content (AvgIpc) is 3.00. The van der Waals surface area contributed by atoms with E-state index < -0.39 is 0 Å². The molecule has 4 aromatic rings. The topological polar surface area (TPSA) is 65.0 Å². The standard InChI is InChI=1S/C34H38N6/c1-5-8-9-27-10-14-29(15-11-27)38-39-32-20-23-34(26(4)24-32)35-25-28-12-16-30(17-13-28)36-37-31-18-21-33(22-19-31)40(6-2)7-3/h10-25H,5-9H2,1-4H3/b35-25+,37-36?,39-38?. The number of azo groups is 2. The van der Waals surface area contributed by atoms with Crippen LogP contribution in [0.1, 0.15) is 50.3 Å². The molecular weight excluding hydrogens is 492 g/mol. The number of hydrogen-bond acceptors (Lipinski definition) is 6. The molecule has 0 fully saturated rings. The van der Waals surface area contributed by atoms with Gasteiger partial charge < -0.3 is 4.90 Å². The van der Waals surface area contributed by atoms with E-state index >= 15 is 0 Å². The first-order valence-corrected chi connectivity index (χ1v) is 14.1. The van der Waals surface area contributed by atoms with Gasteiger partial charge in [-0.3, -0.25) is 4.99 Å². The summed E-state index contributed by atoms with van der Waals surface area (Å²) in [6, 6.07) is 30.3. The summed E-state index contributed by atoms with van der Waals surface area (Å²) in [6.07, 6.45) is 5.38. The van der Waals surface area contributed by atoms with Crippen molar-refractivity contribution in [3.05, 3.63) is 108 Å². The molecule has 6 heteroatoms. The molecule has 0 atom stereocenters. The van der Waals surface area contributed by atoms with E-state index in [9.17, 15) is 0 Å². The van der Waals surface area contributed by atoms with E-state index in [1.807, 2.05) is 79.9 Å². The van der Waals surface area contributed by atoms with Gasteiger partial charge in [0.05, 0.1) is 28.4 Å². The van der Waals surface area contributed by atoms with Gasteiger partial charge in [-0.15, -0.1) is 0 Å². The van der Waals surface area contributed by atoms with E-state index in [1.54, 1.807) is 0 Å². The Morgan fingerprint density at radius 3 is 1.70 bits per heavy atom. The smallest absolute Gasteiger partial charge is 0.0861 e. The first-order chi connectivity index (χ1) is 19.6. The van der Waals surface area contributed by atoms with Gasteiger partial charge in [-0.05, 0) is 117 Å². The van der Waals surface area contributed by atoms with E-state index in [0.29, 0.717) is 0 Å². The van der Waals surface area contributed by atoms with Crippen LogP contribution in [0.2, 0.25) is 0 Å². The molecule has 0 amide bonds. The zero-order valence-corrected chi connectivity index (χ0v) is 24.0. The molecule has 0 radical (unpaired) electrons. The minimum absolute atomic E-state index is 0.798. The SMILES string of the molecule is CCCCc1ccc(N=Nc2ccc(/N=C/c3ccc(N=Nc4ccc(N(CC)CC)cc4)cc3)c(C)c2)cc1. The maximum atomic E-state index is 4.67. The Labute approximate surface area is 238 Å². The molecule has 0 saturated heterocycles. The third-order valence-corrected chi connectivity index (χ3v) is 6.72. The van der Waals surface area contributed by atoms with Crippen LogP contribution in [0.25, 0.3) is 0 Å². The predicted molar refractivity (Wildman–Crippen MR) is 168 cm³/mol. The summed E-state index contributed by atoms with van der Waals surface area (Å²) in [5.74, 6) is 0. The number of unbranched alkanes of at least 4 members (excludes halogenated alkanes) is 1. The van der Waals surface area contributed by atoms with Crippen LogP contribution in [0.3, 0.4) is 0 Å². The van der Waals surface area contributed by atoms with E-state index in [1.165, 1.54) is 24.1 Å². The molecule has 0 unspecified atom stereocenters. The summed E-state index contributed by atoms with van der Waals surface area (Å²) >= 11 is 0. The van der Waals surface area contributed by atoms with Gasteiger partial charge in [0.15, 0.2) is 0 Å². The maximum absolute atomic E-state index is 4.67. The quantitative estimate of drug-likeness (QED) is 0.133. The van der Waals surface area contributed by atoms with E-state index in [4.69, 9.17) is 0 Å². The Hall–Kier alpha value is -4.45. The summed E-state index contributed by atoms with van der Waals surface area (Å²) < 4.78 is 0. The van der Waals surface area contributed by atoms with Crippen LogP contribution < -0.4 is 4.90 Å². The highest BCUT2D eigenvalue weighted by atomic mass is 15.1. The highest BCUT2D eigenvalue weighted by molar-refractivity contribution is 5.83. The highest BCUT2D eigenvalue weighted by Gasteiger charge is 2.02. The molecule has 0 spiro atoms. The fourth-order valence-electron chi connectivity index (χ4n) is 4.28. The molecule has 0 heterocycles. The molecule has 4 rings (SSSR count). The molecule has 0 saturated carbocycles. The largest absolute Gasteiger partial charge is 0.372 e. The Balaban J connectivity index is 1.33. The van der Waals surface area contributed by atoms with Crippen molar-refractivity contribution < 1.29 is 0 Å². The van der Waals surface area contributed by atoms with Crippen LogP contribution in [0, 0.1) is 6.92 Å². The maximum Gasteiger partial charge on any atom is 0.0861 e. The van der Waals surface area contributed by atoms with E-state index in [0.717, 1.165) is 59.1 Å². The summed E-state index contributed by atoms with van der Waals surface area (Å²) in [5.41, 5.74) is 8.77. The van der Waals surface area contributed by atoms with Crippen molar-refractivity contribution in [1.82, 2.24) is 0 Å². The van der Waals surface area contributed by atoms with Gasteiger partial charge in [0, 0.05) is 25.0 Å². The van der Waals surface area contributed by atoms with Crippen molar-refractivity contribution >= 4 is 40.3 Å². The molecule has 0 aliphatic heterocycles. The number of aryl methyl sites for hydroxylation is 2. The van der Waals surface area contributed by atoms with Gasteiger partial charge in [-0.25, -0.2) is 0 Å². The van der Waals surface area contributed by atoms with Crippen LogP contribution in [0.15, 0.2) is 116 Å². The van der Waals surface area contributed by atoms with E-state index in [-0.39, 0.29) is 0 Å².